The molecule has 0 amide bonds. The van der Waals surface area contributed by atoms with E-state index in [1.54, 1.807) is 12.3 Å². The minimum atomic E-state index is 0.309. The van der Waals surface area contributed by atoms with Crippen molar-refractivity contribution in [1.82, 2.24) is 9.97 Å². The summed E-state index contributed by atoms with van der Waals surface area (Å²) in [4.78, 5) is 7.88. The minimum absolute atomic E-state index is 0.309. The van der Waals surface area contributed by atoms with E-state index in [1.807, 2.05) is 12.1 Å². The Hall–Kier alpha value is -1.64. The lowest BCUT2D eigenvalue weighted by Crippen LogP contribution is -1.93. The van der Waals surface area contributed by atoms with Crippen LogP contribution in [0.2, 0.25) is 0 Å². The van der Waals surface area contributed by atoms with E-state index in [-0.39, 0.29) is 0 Å². The van der Waals surface area contributed by atoms with E-state index in [0.29, 0.717) is 5.95 Å². The summed E-state index contributed by atoms with van der Waals surface area (Å²) in [5.74, 6) is 0.309. The summed E-state index contributed by atoms with van der Waals surface area (Å²) in [6.07, 6.45) is 1.69. The van der Waals surface area contributed by atoms with Crippen molar-refractivity contribution in [2.75, 3.05) is 5.73 Å². The third-order valence-electron chi connectivity index (χ3n) is 1.44. The highest BCUT2D eigenvalue weighted by Crippen LogP contribution is 2.08. The van der Waals surface area contributed by atoms with Crippen molar-refractivity contribution in [2.45, 2.75) is 0 Å². The molecule has 1 aromatic heterocycles. The van der Waals surface area contributed by atoms with Crippen molar-refractivity contribution >= 4 is 16.9 Å². The Morgan fingerprint density at radius 3 is 3.27 bits per heavy atom. The van der Waals surface area contributed by atoms with E-state index in [9.17, 15) is 0 Å². The fourth-order valence-electron chi connectivity index (χ4n) is 0.928. The Morgan fingerprint density at radius 2 is 2.36 bits per heavy atom. The summed E-state index contributed by atoms with van der Waals surface area (Å²) < 4.78 is 0. The zero-order valence-corrected chi connectivity index (χ0v) is 5.78. The van der Waals surface area contributed by atoms with Crippen LogP contribution < -0.4 is 5.73 Å². The van der Waals surface area contributed by atoms with Gasteiger partial charge in [-0.2, -0.15) is 0 Å². The van der Waals surface area contributed by atoms with Gasteiger partial charge in [-0.25, -0.2) is 9.97 Å². The molecule has 2 aromatic rings. The number of nitrogen functional groups attached to an aromatic ring is 1. The largest absolute Gasteiger partial charge is 0.368 e. The van der Waals surface area contributed by atoms with E-state index in [1.165, 1.54) is 0 Å². The van der Waals surface area contributed by atoms with Gasteiger partial charge in [-0.3, -0.25) is 0 Å². The van der Waals surface area contributed by atoms with Gasteiger partial charge in [-0.15, -0.1) is 0 Å². The predicted molar refractivity (Wildman–Crippen MR) is 42.8 cm³/mol. The molecule has 3 nitrogen and oxygen atoms in total. The Morgan fingerprint density at radius 1 is 1.45 bits per heavy atom. The van der Waals surface area contributed by atoms with E-state index in [2.05, 4.69) is 16.0 Å². The first-order valence-electron chi connectivity index (χ1n) is 3.24. The molecule has 53 valence electrons. The summed E-state index contributed by atoms with van der Waals surface area (Å²) in [5, 5.41) is 0.960. The number of benzene rings is 1. The summed E-state index contributed by atoms with van der Waals surface area (Å²) in [7, 11) is 0. The molecule has 2 N–H and O–H groups in total. The van der Waals surface area contributed by atoms with Gasteiger partial charge in [0.05, 0.1) is 5.52 Å². The molecule has 1 heterocycles. The number of hydrogen-bond acceptors (Lipinski definition) is 3. The van der Waals surface area contributed by atoms with Crippen LogP contribution in [0, 0.1) is 6.07 Å². The maximum Gasteiger partial charge on any atom is 0.220 e. The standard InChI is InChI=1S/C8H6N3/c9-8-10-5-6-3-1-2-4-7(6)11-8/h2-5H,(H2,9,10,11). The van der Waals surface area contributed by atoms with Crippen molar-refractivity contribution in [3.05, 3.63) is 30.5 Å². The van der Waals surface area contributed by atoms with Gasteiger partial charge in [0, 0.05) is 11.6 Å². The van der Waals surface area contributed by atoms with Gasteiger partial charge in [0.1, 0.15) is 0 Å². The highest BCUT2D eigenvalue weighted by atomic mass is 15.0. The SMILES string of the molecule is Nc1ncc2c[c]ccc2n1. The molecular formula is C8H6N3. The van der Waals surface area contributed by atoms with Crippen LogP contribution in [-0.4, -0.2) is 9.97 Å². The third kappa shape index (κ3) is 1.00. The maximum atomic E-state index is 5.39. The van der Waals surface area contributed by atoms with E-state index in [0.717, 1.165) is 10.9 Å². The Labute approximate surface area is 63.9 Å². The smallest absolute Gasteiger partial charge is 0.220 e. The molecule has 11 heavy (non-hydrogen) atoms. The average Bonchev–Trinajstić information content (AvgIpc) is 2.04. The van der Waals surface area contributed by atoms with Crippen molar-refractivity contribution in [1.29, 1.82) is 0 Å². The maximum absolute atomic E-state index is 5.39. The number of nitrogens with zero attached hydrogens (tertiary/aromatic N) is 2. The van der Waals surface area contributed by atoms with Crippen LogP contribution in [0.15, 0.2) is 24.4 Å². The monoisotopic (exact) mass is 144 g/mol. The van der Waals surface area contributed by atoms with Gasteiger partial charge in [0.15, 0.2) is 0 Å². The molecule has 0 atom stereocenters. The quantitative estimate of drug-likeness (QED) is 0.600. The molecule has 1 aromatic carbocycles. The lowest BCUT2D eigenvalue weighted by Gasteiger charge is -1.94. The highest BCUT2D eigenvalue weighted by Gasteiger charge is 1.92. The first kappa shape index (κ1) is 6.09. The van der Waals surface area contributed by atoms with E-state index < -0.39 is 0 Å². The van der Waals surface area contributed by atoms with Gasteiger partial charge in [-0.05, 0) is 18.2 Å². The first-order chi connectivity index (χ1) is 5.36. The molecule has 0 aliphatic carbocycles. The minimum Gasteiger partial charge on any atom is -0.368 e. The van der Waals surface area contributed by atoms with Crippen molar-refractivity contribution in [3.63, 3.8) is 0 Å². The number of nitrogens with two attached hydrogens (primary N) is 1. The molecule has 2 rings (SSSR count). The van der Waals surface area contributed by atoms with Gasteiger partial charge in [-0.1, -0.05) is 6.07 Å². The molecule has 1 radical (unpaired) electrons. The second-order valence-corrected chi connectivity index (χ2v) is 2.21. The Balaban J connectivity index is 2.83. The molecular weight excluding hydrogens is 138 g/mol. The van der Waals surface area contributed by atoms with Crippen molar-refractivity contribution in [2.24, 2.45) is 0 Å². The number of anilines is 1. The third-order valence-corrected chi connectivity index (χ3v) is 1.44. The van der Waals surface area contributed by atoms with Gasteiger partial charge in [0.2, 0.25) is 5.95 Å². The second-order valence-electron chi connectivity index (χ2n) is 2.21. The second kappa shape index (κ2) is 2.20. The molecule has 0 unspecified atom stereocenters. The van der Waals surface area contributed by atoms with Crippen LogP contribution in [0.5, 0.6) is 0 Å². The summed E-state index contributed by atoms with van der Waals surface area (Å²) in [6.45, 7) is 0. The molecule has 3 heteroatoms. The van der Waals surface area contributed by atoms with Crippen LogP contribution in [0.1, 0.15) is 0 Å². The predicted octanol–water partition coefficient (Wildman–Crippen LogP) is 1.01. The average molecular weight is 144 g/mol. The van der Waals surface area contributed by atoms with Gasteiger partial charge in [0.25, 0.3) is 0 Å². The molecule has 0 saturated carbocycles. The molecule has 0 saturated heterocycles. The molecule has 0 aliphatic heterocycles. The first-order valence-corrected chi connectivity index (χ1v) is 3.24. The van der Waals surface area contributed by atoms with Crippen LogP contribution in [0.25, 0.3) is 10.9 Å². The lowest BCUT2D eigenvalue weighted by molar-refractivity contribution is 1.24. The highest BCUT2D eigenvalue weighted by molar-refractivity contribution is 5.77. The van der Waals surface area contributed by atoms with E-state index in [4.69, 9.17) is 5.73 Å². The van der Waals surface area contributed by atoms with E-state index >= 15 is 0 Å². The Kier molecular flexibility index (Phi) is 1.22. The van der Waals surface area contributed by atoms with Crippen molar-refractivity contribution in [3.8, 4) is 0 Å². The molecule has 0 spiro atoms. The number of aromatic nitrogens is 2. The Bertz CT molecular complexity index is 384. The molecule has 0 fully saturated rings. The fraction of sp³-hybridized carbons (Fsp3) is 0. The summed E-state index contributed by atoms with van der Waals surface area (Å²) in [5.41, 5.74) is 6.25. The molecule has 0 aliphatic rings. The zero-order chi connectivity index (χ0) is 7.68. The van der Waals surface area contributed by atoms with Crippen LogP contribution in [0.3, 0.4) is 0 Å². The van der Waals surface area contributed by atoms with Crippen molar-refractivity contribution < 1.29 is 0 Å². The lowest BCUT2D eigenvalue weighted by atomic mass is 10.2. The summed E-state index contributed by atoms with van der Waals surface area (Å²) in [6, 6.07) is 8.42. The zero-order valence-electron chi connectivity index (χ0n) is 5.78. The summed E-state index contributed by atoms with van der Waals surface area (Å²) >= 11 is 0. The topological polar surface area (TPSA) is 51.8 Å². The van der Waals surface area contributed by atoms with Crippen LogP contribution in [-0.2, 0) is 0 Å². The van der Waals surface area contributed by atoms with Crippen LogP contribution >= 0.6 is 0 Å². The normalized spacial score (nSPS) is 10.2. The van der Waals surface area contributed by atoms with Gasteiger partial charge >= 0.3 is 0 Å². The fourth-order valence-corrected chi connectivity index (χ4v) is 0.928. The van der Waals surface area contributed by atoms with Gasteiger partial charge < -0.3 is 5.73 Å². The molecule has 0 bridgehead atoms. The number of fused-ring (bicyclic) bond motifs is 1. The number of hydrogen-bond donors (Lipinski definition) is 1. The number of rotatable bonds is 0. The van der Waals surface area contributed by atoms with Crippen LogP contribution in [0.4, 0.5) is 5.95 Å².